The highest BCUT2D eigenvalue weighted by Gasteiger charge is 2.35. The number of aromatic nitrogens is 2. The Morgan fingerprint density at radius 1 is 1.07 bits per heavy atom. The van der Waals surface area contributed by atoms with Crippen molar-refractivity contribution in [3.63, 3.8) is 0 Å². The first-order chi connectivity index (χ1) is 20.1. The van der Waals surface area contributed by atoms with E-state index in [1.165, 1.54) is 44.9 Å². The van der Waals surface area contributed by atoms with E-state index in [9.17, 15) is 26.7 Å². The van der Waals surface area contributed by atoms with Crippen molar-refractivity contribution >= 4 is 31.6 Å². The minimum atomic E-state index is -4.07. The van der Waals surface area contributed by atoms with Gasteiger partial charge in [-0.15, -0.1) is 0 Å². The number of sulfonamides is 2. The number of rotatable bonds is 9. The molecule has 0 spiro atoms. The average Bonchev–Trinajstić information content (AvgIpc) is 3.47. The van der Waals surface area contributed by atoms with E-state index in [-0.39, 0.29) is 76.3 Å². The van der Waals surface area contributed by atoms with Crippen molar-refractivity contribution in [3.8, 4) is 5.75 Å². The zero-order chi connectivity index (χ0) is 31.9. The Balaban J connectivity index is 1.71. The lowest BCUT2D eigenvalue weighted by Crippen LogP contribution is -2.48. The van der Waals surface area contributed by atoms with Gasteiger partial charge >= 0.3 is 0 Å². The van der Waals surface area contributed by atoms with Gasteiger partial charge < -0.3 is 23.8 Å². The van der Waals surface area contributed by atoms with E-state index in [4.69, 9.17) is 13.8 Å². The smallest absolute Gasteiger partial charge is 0.267 e. The summed E-state index contributed by atoms with van der Waals surface area (Å²) in [6, 6.07) is 4.02. The maximum absolute atomic E-state index is 13.5. The van der Waals surface area contributed by atoms with Crippen LogP contribution in [0.25, 0.3) is 0 Å². The number of carbonyl (C=O) groups excluding carboxylic acids is 1. The predicted molar refractivity (Wildman–Crippen MR) is 155 cm³/mol. The molecular formula is C27H37N5O9S2. The van der Waals surface area contributed by atoms with E-state index >= 15 is 0 Å². The van der Waals surface area contributed by atoms with E-state index in [0.717, 1.165) is 4.31 Å². The number of amides is 1. The van der Waals surface area contributed by atoms with Gasteiger partial charge in [-0.25, -0.2) is 16.8 Å². The molecule has 1 aliphatic heterocycles. The third-order valence-electron chi connectivity index (χ3n) is 7.48. The van der Waals surface area contributed by atoms with Crippen LogP contribution in [0.5, 0.6) is 5.75 Å². The summed E-state index contributed by atoms with van der Waals surface area (Å²) >= 11 is 0. The maximum atomic E-state index is 13.5. The minimum absolute atomic E-state index is 0.0213. The molecule has 3 atom stereocenters. The fourth-order valence-electron chi connectivity index (χ4n) is 5.13. The van der Waals surface area contributed by atoms with Crippen molar-refractivity contribution in [2.45, 2.75) is 69.9 Å². The second-order valence-electron chi connectivity index (χ2n) is 10.9. The van der Waals surface area contributed by atoms with E-state index in [2.05, 4.69) is 15.0 Å². The number of nitrogens with zero attached hydrogens (tertiary/aromatic N) is 4. The highest BCUT2D eigenvalue weighted by Crippen LogP contribution is 2.32. The van der Waals surface area contributed by atoms with Gasteiger partial charge in [0, 0.05) is 30.8 Å². The topological polar surface area (TPSA) is 185 Å². The number of hydrogen-bond donors (Lipinski definition) is 2. The molecule has 0 saturated carbocycles. The minimum Gasteiger partial charge on any atom is -0.488 e. The normalized spacial score (nSPS) is 18.9. The Morgan fingerprint density at radius 2 is 1.67 bits per heavy atom. The molecule has 2 aromatic heterocycles. The van der Waals surface area contributed by atoms with Crippen LogP contribution in [0.15, 0.2) is 37.0 Å². The third-order valence-corrected chi connectivity index (χ3v) is 11.2. The first kappa shape index (κ1) is 32.4. The quantitative estimate of drug-likeness (QED) is 0.350. The second kappa shape index (κ2) is 12.3. The van der Waals surface area contributed by atoms with Crippen LogP contribution in [0.2, 0.25) is 0 Å². The van der Waals surface area contributed by atoms with Gasteiger partial charge in [-0.1, -0.05) is 17.2 Å². The summed E-state index contributed by atoms with van der Waals surface area (Å²) in [6.07, 6.45) is -0.879. The maximum Gasteiger partial charge on any atom is 0.267 e. The number of aliphatic hydroxyl groups is 1. The first-order valence-corrected chi connectivity index (χ1v) is 16.5. The summed E-state index contributed by atoms with van der Waals surface area (Å²) in [5.41, 5.74) is 0.999. The van der Waals surface area contributed by atoms with Crippen molar-refractivity contribution in [3.05, 3.63) is 46.7 Å². The van der Waals surface area contributed by atoms with Gasteiger partial charge in [-0.05, 0) is 52.8 Å². The zero-order valence-electron chi connectivity index (χ0n) is 25.1. The molecular weight excluding hydrogens is 602 g/mol. The van der Waals surface area contributed by atoms with Crippen molar-refractivity contribution in [1.82, 2.24) is 19.5 Å². The number of ether oxygens (including phenoxy) is 1. The molecule has 4 rings (SSSR count). The van der Waals surface area contributed by atoms with Crippen LogP contribution in [-0.4, -0.2) is 86.3 Å². The Kier molecular flexibility index (Phi) is 9.25. The second-order valence-corrected chi connectivity index (χ2v) is 14.5. The molecule has 0 fully saturated rings. The lowest BCUT2D eigenvalue weighted by Gasteiger charge is -2.33. The van der Waals surface area contributed by atoms with Crippen LogP contribution in [0, 0.1) is 33.6 Å². The Bertz CT molecular complexity index is 1680. The predicted octanol–water partition coefficient (Wildman–Crippen LogP) is 2.17. The molecule has 0 radical (unpaired) electrons. The number of nitrogens with one attached hydrogen (secondary N) is 1. The number of carbonyl (C=O) groups is 1. The fraction of sp³-hybridized carbons (Fsp3) is 0.519. The number of aliphatic hydroxyl groups excluding tert-OH is 1. The van der Waals surface area contributed by atoms with Crippen LogP contribution in [0.1, 0.15) is 42.3 Å². The first-order valence-electron chi connectivity index (χ1n) is 13.6. The molecule has 14 nitrogen and oxygen atoms in total. The van der Waals surface area contributed by atoms with E-state index < -0.39 is 32.2 Å². The highest BCUT2D eigenvalue weighted by molar-refractivity contribution is 7.92. The standard InChI is InChI=1S/C27H37N5O9S2/c1-15-12-32(16(2)14-33)25(34)11-21-10-22(30-42(35,36)26-17(3)28-40-19(26)5)8-9-23(21)39-24(15)13-31(7)43(37,38)27-18(4)29-41-20(27)6/h8-10,15-16,24,30,33H,11-14H2,1-7H3/t15-,16+,24-/m0/s1. The molecule has 1 aromatic carbocycles. The molecule has 236 valence electrons. The fourth-order valence-corrected chi connectivity index (χ4v) is 7.97. The van der Waals surface area contributed by atoms with Gasteiger partial charge in [-0.3, -0.25) is 9.52 Å². The summed E-state index contributed by atoms with van der Waals surface area (Å²) in [5, 5.41) is 17.4. The molecule has 3 heterocycles. The number of benzene rings is 1. The molecule has 16 heteroatoms. The van der Waals surface area contributed by atoms with Gasteiger partial charge in [0.15, 0.2) is 16.4 Å². The van der Waals surface area contributed by atoms with Crippen LogP contribution in [0.4, 0.5) is 5.69 Å². The lowest BCUT2D eigenvalue weighted by molar-refractivity contribution is -0.134. The van der Waals surface area contributed by atoms with Gasteiger partial charge in [0.05, 0.1) is 25.6 Å². The highest BCUT2D eigenvalue weighted by atomic mass is 32.2. The Hall–Kier alpha value is -3.47. The third kappa shape index (κ3) is 6.56. The SMILES string of the molecule is Cc1noc(C)c1S(=O)(=O)Nc1ccc2c(c1)CC(=O)N([C@H](C)CO)C[C@H](C)[C@H](CN(C)S(=O)(=O)c1c(C)noc1C)O2. The molecule has 0 aliphatic carbocycles. The van der Waals surface area contributed by atoms with E-state index in [1.807, 2.05) is 6.92 Å². The summed E-state index contributed by atoms with van der Waals surface area (Å²) < 4.78 is 73.4. The molecule has 0 bridgehead atoms. The van der Waals surface area contributed by atoms with Crippen molar-refractivity contribution in [2.24, 2.45) is 5.92 Å². The summed E-state index contributed by atoms with van der Waals surface area (Å²) in [6.45, 7) is 9.44. The number of likely N-dealkylation sites (N-methyl/N-ethyl adjacent to an activating group) is 1. The lowest BCUT2D eigenvalue weighted by atomic mass is 10.0. The number of fused-ring (bicyclic) bond motifs is 1. The largest absolute Gasteiger partial charge is 0.488 e. The van der Waals surface area contributed by atoms with Gasteiger partial charge in [0.2, 0.25) is 15.9 Å². The van der Waals surface area contributed by atoms with Gasteiger partial charge in [0.25, 0.3) is 10.0 Å². The zero-order valence-corrected chi connectivity index (χ0v) is 26.7. The summed E-state index contributed by atoms with van der Waals surface area (Å²) in [4.78, 5) is 14.9. The van der Waals surface area contributed by atoms with Crippen LogP contribution >= 0.6 is 0 Å². The van der Waals surface area contributed by atoms with Crippen molar-refractivity contribution < 1.29 is 40.5 Å². The van der Waals surface area contributed by atoms with Gasteiger partial charge in [0.1, 0.15) is 28.1 Å². The van der Waals surface area contributed by atoms with E-state index in [0.29, 0.717) is 11.3 Å². The van der Waals surface area contributed by atoms with Crippen molar-refractivity contribution in [1.29, 1.82) is 0 Å². The summed E-state index contributed by atoms with van der Waals surface area (Å²) in [7, 11) is -6.64. The molecule has 0 saturated heterocycles. The van der Waals surface area contributed by atoms with Gasteiger partial charge in [-0.2, -0.15) is 4.31 Å². The monoisotopic (exact) mass is 639 g/mol. The molecule has 2 N–H and O–H groups in total. The molecule has 0 unspecified atom stereocenters. The summed E-state index contributed by atoms with van der Waals surface area (Å²) in [5.74, 6) is -0.0806. The number of anilines is 1. The molecule has 43 heavy (non-hydrogen) atoms. The van der Waals surface area contributed by atoms with Crippen molar-refractivity contribution in [2.75, 3.05) is 31.5 Å². The number of aryl methyl sites for hydroxylation is 4. The van der Waals surface area contributed by atoms with E-state index in [1.54, 1.807) is 19.9 Å². The molecule has 3 aromatic rings. The van der Waals surface area contributed by atoms with Crippen LogP contribution < -0.4 is 9.46 Å². The average molecular weight is 640 g/mol. The Labute approximate surface area is 251 Å². The van der Waals surface area contributed by atoms with Crippen LogP contribution in [-0.2, 0) is 31.3 Å². The molecule has 1 aliphatic rings. The number of hydrogen-bond acceptors (Lipinski definition) is 11. The van der Waals surface area contributed by atoms with Crippen LogP contribution in [0.3, 0.4) is 0 Å². The molecule has 1 amide bonds. The Morgan fingerprint density at radius 3 is 2.23 bits per heavy atom.